The standard InChI is InChI=1S/C28H26ClN5O5S/c1-19-16-20(2)33(30-19)26-14-13-24(34(36)37)17-27(26)40(38,39)32(23-11-9-22(29)10-12-23)18-28(35)31-15-5-7-21-6-3-4-8-25(21)31/h3-4,6,8-14,16-17H,5,7,15,18H2,1-2H3. The second kappa shape index (κ2) is 10.7. The molecule has 2 heterocycles. The van der Waals surface area contributed by atoms with Crippen LogP contribution in [0.15, 0.2) is 77.7 Å². The van der Waals surface area contributed by atoms with Gasteiger partial charge in [0.15, 0.2) is 0 Å². The zero-order chi connectivity index (χ0) is 28.6. The van der Waals surface area contributed by atoms with E-state index in [4.69, 9.17) is 11.6 Å². The highest BCUT2D eigenvalue weighted by atomic mass is 35.5. The van der Waals surface area contributed by atoms with Crippen molar-refractivity contribution in [2.45, 2.75) is 31.6 Å². The first-order valence-corrected chi connectivity index (χ1v) is 14.4. The maximum atomic E-state index is 14.4. The summed E-state index contributed by atoms with van der Waals surface area (Å²) in [6.45, 7) is 3.43. The first-order chi connectivity index (χ1) is 19.1. The number of anilines is 2. The van der Waals surface area contributed by atoms with Gasteiger partial charge >= 0.3 is 0 Å². The summed E-state index contributed by atoms with van der Waals surface area (Å²) in [5, 5.41) is 16.5. The monoisotopic (exact) mass is 579 g/mol. The lowest BCUT2D eigenvalue weighted by atomic mass is 10.0. The molecule has 0 saturated carbocycles. The molecule has 12 heteroatoms. The molecule has 0 N–H and O–H groups in total. The van der Waals surface area contributed by atoms with Crippen LogP contribution in [0, 0.1) is 24.0 Å². The Kier molecular flexibility index (Phi) is 7.35. The number of para-hydroxylation sites is 1. The predicted molar refractivity (Wildman–Crippen MR) is 153 cm³/mol. The number of hydrogen-bond acceptors (Lipinski definition) is 6. The number of nitrogens with zero attached hydrogens (tertiary/aromatic N) is 5. The summed E-state index contributed by atoms with van der Waals surface area (Å²) < 4.78 is 31.2. The molecule has 0 fully saturated rings. The molecule has 1 aromatic heterocycles. The second-order valence-corrected chi connectivity index (χ2v) is 11.8. The van der Waals surface area contributed by atoms with Crippen LogP contribution >= 0.6 is 11.6 Å². The summed E-state index contributed by atoms with van der Waals surface area (Å²) in [6.07, 6.45) is 1.56. The molecular weight excluding hydrogens is 554 g/mol. The van der Waals surface area contributed by atoms with Gasteiger partial charge in [0.05, 0.1) is 22.0 Å². The van der Waals surface area contributed by atoms with Crippen LogP contribution in [0.4, 0.5) is 17.1 Å². The fraction of sp³-hybridized carbons (Fsp3) is 0.214. The first-order valence-electron chi connectivity index (χ1n) is 12.5. The highest BCUT2D eigenvalue weighted by Crippen LogP contribution is 2.33. The largest absolute Gasteiger partial charge is 0.311 e. The Bertz CT molecular complexity index is 1720. The van der Waals surface area contributed by atoms with Gasteiger partial charge in [-0.25, -0.2) is 13.1 Å². The van der Waals surface area contributed by atoms with E-state index in [0.29, 0.717) is 23.0 Å². The summed E-state index contributed by atoms with van der Waals surface area (Å²) in [7, 11) is -4.54. The Balaban J connectivity index is 1.65. The normalized spacial score (nSPS) is 13.1. The Morgan fingerprint density at radius 3 is 2.45 bits per heavy atom. The van der Waals surface area contributed by atoms with Gasteiger partial charge in [0.2, 0.25) is 5.91 Å². The highest BCUT2D eigenvalue weighted by Gasteiger charge is 2.34. The Morgan fingerprint density at radius 1 is 1.05 bits per heavy atom. The lowest BCUT2D eigenvalue weighted by molar-refractivity contribution is -0.385. The molecule has 0 aliphatic carbocycles. The van der Waals surface area contributed by atoms with E-state index in [1.807, 2.05) is 24.3 Å². The van der Waals surface area contributed by atoms with Gasteiger partial charge in [-0.1, -0.05) is 29.8 Å². The lowest BCUT2D eigenvalue weighted by Crippen LogP contribution is -2.45. The summed E-state index contributed by atoms with van der Waals surface area (Å²) in [6, 6.07) is 18.9. The summed E-state index contributed by atoms with van der Waals surface area (Å²) in [4.78, 5) is 26.0. The molecule has 0 unspecified atom stereocenters. The van der Waals surface area contributed by atoms with Crippen LogP contribution in [0.5, 0.6) is 0 Å². The van der Waals surface area contributed by atoms with Gasteiger partial charge in [0.25, 0.3) is 15.7 Å². The van der Waals surface area contributed by atoms with Gasteiger partial charge in [0, 0.05) is 35.1 Å². The zero-order valence-corrected chi connectivity index (χ0v) is 23.4. The molecule has 5 rings (SSSR count). The van der Waals surface area contributed by atoms with E-state index in [-0.39, 0.29) is 16.3 Å². The number of sulfonamides is 1. The maximum Gasteiger partial charge on any atom is 0.270 e. The molecular formula is C28H26ClN5O5S. The van der Waals surface area contributed by atoms with Crippen LogP contribution in [-0.2, 0) is 21.2 Å². The minimum Gasteiger partial charge on any atom is -0.311 e. The Labute approximate surface area is 236 Å². The molecule has 40 heavy (non-hydrogen) atoms. The summed E-state index contributed by atoms with van der Waals surface area (Å²) in [5.74, 6) is -0.427. The molecule has 1 aliphatic rings. The van der Waals surface area contributed by atoms with Crippen LogP contribution in [-0.4, -0.2) is 42.1 Å². The number of nitro benzene ring substituents is 1. The maximum absolute atomic E-state index is 14.4. The van der Waals surface area contributed by atoms with E-state index in [2.05, 4.69) is 5.10 Å². The van der Waals surface area contributed by atoms with Gasteiger partial charge in [-0.3, -0.25) is 19.2 Å². The third-order valence-electron chi connectivity index (χ3n) is 6.76. The third-order valence-corrected chi connectivity index (χ3v) is 8.82. The lowest BCUT2D eigenvalue weighted by Gasteiger charge is -2.32. The Morgan fingerprint density at radius 2 is 1.77 bits per heavy atom. The minimum atomic E-state index is -4.54. The van der Waals surface area contributed by atoms with Crippen LogP contribution in [0.3, 0.4) is 0 Å². The average Bonchev–Trinajstić information content (AvgIpc) is 3.28. The number of carbonyl (C=O) groups is 1. The van der Waals surface area contributed by atoms with Gasteiger partial charge < -0.3 is 4.90 Å². The number of aromatic nitrogens is 2. The number of aryl methyl sites for hydroxylation is 3. The molecule has 0 atom stereocenters. The van der Waals surface area contributed by atoms with E-state index in [1.54, 1.807) is 24.8 Å². The number of non-ortho nitro benzene ring substituents is 1. The van der Waals surface area contributed by atoms with E-state index in [1.165, 1.54) is 41.1 Å². The molecule has 4 aromatic rings. The van der Waals surface area contributed by atoms with Gasteiger partial charge in [-0.05, 0) is 74.7 Å². The SMILES string of the molecule is Cc1cc(C)n(-c2ccc([N+](=O)[O-])cc2S(=O)(=O)N(CC(=O)N2CCCc3ccccc32)c2ccc(Cl)cc2)n1. The molecule has 0 spiro atoms. The van der Waals surface area contributed by atoms with Crippen molar-refractivity contribution in [1.29, 1.82) is 0 Å². The van der Waals surface area contributed by atoms with Crippen molar-refractivity contribution >= 4 is 44.6 Å². The molecule has 206 valence electrons. The van der Waals surface area contributed by atoms with E-state index in [0.717, 1.165) is 34.5 Å². The average molecular weight is 580 g/mol. The zero-order valence-electron chi connectivity index (χ0n) is 21.8. The van der Waals surface area contributed by atoms with E-state index in [9.17, 15) is 23.3 Å². The summed E-state index contributed by atoms with van der Waals surface area (Å²) in [5.41, 5.74) is 2.95. The molecule has 1 aliphatic heterocycles. The first kappa shape index (κ1) is 27.4. The quantitative estimate of drug-likeness (QED) is 0.219. The van der Waals surface area contributed by atoms with Gasteiger partial charge in [-0.2, -0.15) is 5.10 Å². The van der Waals surface area contributed by atoms with E-state index < -0.39 is 33.1 Å². The smallest absolute Gasteiger partial charge is 0.270 e. The predicted octanol–water partition coefficient (Wildman–Crippen LogP) is 5.23. The van der Waals surface area contributed by atoms with Crippen molar-refractivity contribution in [2.24, 2.45) is 0 Å². The number of amides is 1. The van der Waals surface area contributed by atoms with Crippen molar-refractivity contribution in [3.8, 4) is 5.69 Å². The van der Waals surface area contributed by atoms with Crippen molar-refractivity contribution in [3.63, 3.8) is 0 Å². The van der Waals surface area contributed by atoms with Crippen LogP contribution in [0.2, 0.25) is 5.02 Å². The minimum absolute atomic E-state index is 0.130. The topological polar surface area (TPSA) is 119 Å². The van der Waals surface area contributed by atoms with Crippen LogP contribution in [0.1, 0.15) is 23.4 Å². The number of hydrogen-bond donors (Lipinski definition) is 0. The number of carbonyl (C=O) groups excluding carboxylic acids is 1. The second-order valence-electron chi connectivity index (χ2n) is 9.51. The molecule has 10 nitrogen and oxygen atoms in total. The Hall–Kier alpha value is -4.22. The molecule has 0 radical (unpaired) electrons. The number of nitro groups is 1. The fourth-order valence-corrected chi connectivity index (χ4v) is 6.64. The number of benzene rings is 3. The number of halogens is 1. The molecule has 1 amide bonds. The van der Waals surface area contributed by atoms with Crippen LogP contribution < -0.4 is 9.21 Å². The molecule has 3 aromatic carbocycles. The van der Waals surface area contributed by atoms with Gasteiger partial charge in [0.1, 0.15) is 11.4 Å². The third kappa shape index (κ3) is 5.17. The fourth-order valence-electron chi connectivity index (χ4n) is 4.91. The highest BCUT2D eigenvalue weighted by molar-refractivity contribution is 7.93. The summed E-state index contributed by atoms with van der Waals surface area (Å²) >= 11 is 6.08. The number of fused-ring (bicyclic) bond motifs is 1. The molecule has 0 bridgehead atoms. The van der Waals surface area contributed by atoms with Crippen molar-refractivity contribution in [3.05, 3.63) is 105 Å². The van der Waals surface area contributed by atoms with E-state index >= 15 is 0 Å². The van der Waals surface area contributed by atoms with Crippen molar-refractivity contribution in [1.82, 2.24) is 9.78 Å². The van der Waals surface area contributed by atoms with Crippen molar-refractivity contribution < 1.29 is 18.1 Å². The molecule has 0 saturated heterocycles. The van der Waals surface area contributed by atoms with Gasteiger partial charge in [-0.15, -0.1) is 0 Å². The number of rotatable bonds is 7. The van der Waals surface area contributed by atoms with Crippen molar-refractivity contribution in [2.75, 3.05) is 22.3 Å². The van der Waals surface area contributed by atoms with Crippen LogP contribution in [0.25, 0.3) is 5.69 Å².